The van der Waals surface area contributed by atoms with Crippen molar-refractivity contribution in [1.82, 2.24) is 5.43 Å². The Morgan fingerprint density at radius 1 is 0.654 bits per heavy atom. The number of amidine groups is 1. The molecular weight excluding hydrogens is 456 g/mol. The van der Waals surface area contributed by atoms with Crippen LogP contribution in [0.25, 0.3) is 0 Å². The Hall–Kier alpha value is -2.31. The van der Waals surface area contributed by atoms with Gasteiger partial charge in [0, 0.05) is 14.5 Å². The summed E-state index contributed by atoms with van der Waals surface area (Å²) in [6.07, 6.45) is 0. The van der Waals surface area contributed by atoms with Gasteiger partial charge < -0.3 is 0 Å². The van der Waals surface area contributed by atoms with Crippen LogP contribution >= 0.6 is 31.9 Å². The van der Waals surface area contributed by atoms with E-state index >= 15 is 0 Å². The third-order valence-electron chi connectivity index (χ3n) is 3.98. The van der Waals surface area contributed by atoms with Crippen LogP contribution in [0.4, 0.5) is 11.4 Å². The average Bonchev–Trinajstić information content (AvgIpc) is 2.69. The standard InChI is InChI=1S/C20H15Br2N4/c21-16-6-10-18(11-7-16)25-14-26(19-12-8-17(22)9-13-19)24-20(23-25)15-4-2-1-3-5-15/h1-13H,14H2. The molecule has 1 aliphatic heterocycles. The molecule has 3 aromatic carbocycles. The Kier molecular flexibility index (Phi) is 4.95. The summed E-state index contributed by atoms with van der Waals surface area (Å²) in [6.45, 7) is 0.541. The van der Waals surface area contributed by atoms with Crippen molar-refractivity contribution < 1.29 is 0 Å². The van der Waals surface area contributed by atoms with Gasteiger partial charge in [-0.2, -0.15) is 0 Å². The summed E-state index contributed by atoms with van der Waals surface area (Å²) in [5, 5.41) is 8.69. The van der Waals surface area contributed by atoms with Gasteiger partial charge in [-0.3, -0.25) is 0 Å². The van der Waals surface area contributed by atoms with Gasteiger partial charge in [0.2, 0.25) is 0 Å². The molecule has 4 rings (SSSR count). The molecule has 4 nitrogen and oxygen atoms in total. The fourth-order valence-electron chi connectivity index (χ4n) is 2.65. The molecule has 0 aromatic heterocycles. The number of hydrazone groups is 1. The maximum Gasteiger partial charge on any atom is 0.199 e. The Morgan fingerprint density at radius 2 is 1.19 bits per heavy atom. The highest BCUT2D eigenvalue weighted by molar-refractivity contribution is 9.10. The smallest absolute Gasteiger partial charge is 0.199 e. The second-order valence-electron chi connectivity index (χ2n) is 5.78. The van der Waals surface area contributed by atoms with Gasteiger partial charge in [-0.1, -0.05) is 62.2 Å². The Balaban J connectivity index is 1.72. The monoisotopic (exact) mass is 469 g/mol. The molecule has 0 bridgehead atoms. The van der Waals surface area contributed by atoms with Crippen molar-refractivity contribution in [1.29, 1.82) is 0 Å². The van der Waals surface area contributed by atoms with Crippen molar-refractivity contribution in [3.05, 3.63) is 93.4 Å². The summed E-state index contributed by atoms with van der Waals surface area (Å²) in [5.74, 6) is 0.683. The van der Waals surface area contributed by atoms with Gasteiger partial charge in [0.05, 0.1) is 11.4 Å². The van der Waals surface area contributed by atoms with Crippen LogP contribution in [0.3, 0.4) is 0 Å². The number of nitrogens with zero attached hydrogens (tertiary/aromatic N) is 4. The highest BCUT2D eigenvalue weighted by Crippen LogP contribution is 2.25. The minimum absolute atomic E-state index is 0.541. The fourth-order valence-corrected chi connectivity index (χ4v) is 3.18. The molecule has 3 aromatic rings. The van der Waals surface area contributed by atoms with Gasteiger partial charge in [0.15, 0.2) is 5.84 Å². The average molecular weight is 471 g/mol. The lowest BCUT2D eigenvalue weighted by Crippen LogP contribution is -2.48. The maximum atomic E-state index is 4.76. The molecule has 0 unspecified atom stereocenters. The van der Waals surface area contributed by atoms with Crippen LogP contribution in [0, 0.1) is 0 Å². The van der Waals surface area contributed by atoms with Gasteiger partial charge in [-0.15, -0.1) is 10.5 Å². The lowest BCUT2D eigenvalue weighted by molar-refractivity contribution is 0.671. The SMILES string of the molecule is Brc1ccc(N2CN(c3ccc(Br)cc3)N=C(c3ccccc3)[N]2)cc1. The summed E-state index contributed by atoms with van der Waals surface area (Å²) >= 11 is 6.97. The number of anilines is 2. The van der Waals surface area contributed by atoms with E-state index in [1.807, 2.05) is 88.9 Å². The summed E-state index contributed by atoms with van der Waals surface area (Å²) in [5.41, 5.74) is 7.77. The van der Waals surface area contributed by atoms with Crippen molar-refractivity contribution in [3.63, 3.8) is 0 Å². The first kappa shape index (κ1) is 17.1. The van der Waals surface area contributed by atoms with Crippen LogP contribution in [-0.2, 0) is 0 Å². The van der Waals surface area contributed by atoms with Gasteiger partial charge in [0.25, 0.3) is 0 Å². The molecule has 1 radical (unpaired) electrons. The molecule has 0 fully saturated rings. The third kappa shape index (κ3) is 3.76. The first-order valence-corrected chi connectivity index (χ1v) is 9.69. The van der Waals surface area contributed by atoms with E-state index < -0.39 is 0 Å². The quantitative estimate of drug-likeness (QED) is 0.515. The zero-order valence-electron chi connectivity index (χ0n) is 13.8. The molecule has 0 atom stereocenters. The van der Waals surface area contributed by atoms with Crippen molar-refractivity contribution in [2.45, 2.75) is 0 Å². The first-order valence-electron chi connectivity index (χ1n) is 8.11. The minimum atomic E-state index is 0.541. The zero-order chi connectivity index (χ0) is 17.9. The van der Waals surface area contributed by atoms with E-state index in [-0.39, 0.29) is 0 Å². The topological polar surface area (TPSA) is 32.9 Å². The van der Waals surface area contributed by atoms with Crippen molar-refractivity contribution in [2.24, 2.45) is 5.10 Å². The van der Waals surface area contributed by atoms with Crippen LogP contribution in [-0.4, -0.2) is 12.5 Å². The van der Waals surface area contributed by atoms with Gasteiger partial charge in [-0.25, -0.2) is 10.0 Å². The van der Waals surface area contributed by atoms with Gasteiger partial charge in [0.1, 0.15) is 6.67 Å². The van der Waals surface area contributed by atoms with Crippen molar-refractivity contribution >= 4 is 49.1 Å². The van der Waals surface area contributed by atoms with E-state index in [4.69, 9.17) is 10.5 Å². The van der Waals surface area contributed by atoms with E-state index in [2.05, 4.69) is 31.9 Å². The first-order chi connectivity index (χ1) is 12.7. The molecule has 1 heterocycles. The summed E-state index contributed by atoms with van der Waals surface area (Å²) < 4.78 is 2.08. The van der Waals surface area contributed by atoms with E-state index in [0.29, 0.717) is 12.5 Å². The normalized spacial score (nSPS) is 14.0. The molecule has 0 N–H and O–H groups in total. The second-order valence-corrected chi connectivity index (χ2v) is 7.61. The minimum Gasteiger partial charge on any atom is -0.242 e. The summed E-state index contributed by atoms with van der Waals surface area (Å²) in [4.78, 5) is 0. The van der Waals surface area contributed by atoms with E-state index in [1.165, 1.54) is 0 Å². The molecule has 1 aliphatic rings. The van der Waals surface area contributed by atoms with Crippen LogP contribution in [0.15, 0.2) is 92.9 Å². The molecular formula is C20H15Br2N4. The van der Waals surface area contributed by atoms with Crippen molar-refractivity contribution in [3.8, 4) is 0 Å². The molecule has 0 saturated carbocycles. The van der Waals surface area contributed by atoms with Crippen LogP contribution in [0.5, 0.6) is 0 Å². The number of benzene rings is 3. The second kappa shape index (κ2) is 7.51. The zero-order valence-corrected chi connectivity index (χ0v) is 16.9. The van der Waals surface area contributed by atoms with Crippen LogP contribution in [0.1, 0.15) is 5.56 Å². The lowest BCUT2D eigenvalue weighted by atomic mass is 10.2. The number of halogens is 2. The number of hydrogen-bond acceptors (Lipinski definition) is 3. The molecule has 0 amide bonds. The number of hydrogen-bond donors (Lipinski definition) is 0. The molecule has 26 heavy (non-hydrogen) atoms. The van der Waals surface area contributed by atoms with Gasteiger partial charge >= 0.3 is 0 Å². The molecule has 0 saturated heterocycles. The Labute approximate surface area is 169 Å². The highest BCUT2D eigenvalue weighted by Gasteiger charge is 2.23. The van der Waals surface area contributed by atoms with Gasteiger partial charge in [-0.05, 0) is 48.5 Å². The lowest BCUT2D eigenvalue weighted by Gasteiger charge is -2.34. The largest absolute Gasteiger partial charge is 0.242 e. The van der Waals surface area contributed by atoms with E-state index in [1.54, 1.807) is 0 Å². The fraction of sp³-hybridized carbons (Fsp3) is 0.0500. The Morgan fingerprint density at radius 3 is 1.77 bits per heavy atom. The maximum absolute atomic E-state index is 4.76. The summed E-state index contributed by atoms with van der Waals surface area (Å²) in [7, 11) is 0. The van der Waals surface area contributed by atoms with E-state index in [0.717, 1.165) is 25.9 Å². The molecule has 6 heteroatoms. The van der Waals surface area contributed by atoms with E-state index in [9.17, 15) is 0 Å². The molecule has 0 spiro atoms. The van der Waals surface area contributed by atoms with Crippen molar-refractivity contribution in [2.75, 3.05) is 16.7 Å². The molecule has 0 aliphatic carbocycles. The predicted molar refractivity (Wildman–Crippen MR) is 113 cm³/mol. The van der Waals surface area contributed by atoms with Crippen LogP contribution in [0.2, 0.25) is 0 Å². The highest BCUT2D eigenvalue weighted by atomic mass is 79.9. The summed E-state index contributed by atoms with van der Waals surface area (Å²) in [6, 6.07) is 26.3. The predicted octanol–water partition coefficient (Wildman–Crippen LogP) is 5.38. The third-order valence-corrected chi connectivity index (χ3v) is 5.04. The Bertz CT molecular complexity index is 909. The number of rotatable bonds is 3. The van der Waals surface area contributed by atoms with Crippen LogP contribution < -0.4 is 15.4 Å². The molecule has 129 valence electrons.